The second kappa shape index (κ2) is 2.79. The summed E-state index contributed by atoms with van der Waals surface area (Å²) >= 11 is 6.97. The first-order valence-electron chi connectivity index (χ1n) is 1.28. The Morgan fingerprint density at radius 2 is 2.20 bits per heavy atom. The van der Waals surface area contributed by atoms with Crippen LogP contribution in [0.25, 0.3) is 0 Å². The van der Waals surface area contributed by atoms with Gasteiger partial charge in [-0.25, -0.2) is 0 Å². The number of allylic oxidation sites excluding steroid dienone is 1. The number of hydrogen-bond acceptors (Lipinski definition) is 1. The second-order valence-electron chi connectivity index (χ2n) is 0.611. The highest BCUT2D eigenvalue weighted by Gasteiger charge is 1.65. The zero-order valence-corrected chi connectivity index (χ0v) is 5.38. The molecule has 0 N–H and O–H groups in total. The minimum absolute atomic E-state index is 0.887. The van der Waals surface area contributed by atoms with Crippen LogP contribution in [-0.2, 0) is 0 Å². The Morgan fingerprint density at radius 3 is 2.20 bits per heavy atom. The van der Waals surface area contributed by atoms with Crippen molar-refractivity contribution >= 4 is 28.6 Å². The quantitative estimate of drug-likeness (QED) is 0.506. The van der Waals surface area contributed by atoms with Crippen LogP contribution in [0, 0.1) is 0 Å². The summed E-state index contributed by atoms with van der Waals surface area (Å²) in [5, 5.41) is 0. The van der Waals surface area contributed by atoms with Crippen molar-refractivity contribution in [3.63, 3.8) is 0 Å². The highest BCUT2D eigenvalue weighted by atomic mass is 79.9. The van der Waals surface area contributed by atoms with Gasteiger partial charge in [0.15, 0.2) is 0 Å². The Labute approximate surface area is 45.8 Å². The lowest BCUT2D eigenvalue weighted by atomic mass is 10.8. The van der Waals surface area contributed by atoms with Crippen LogP contribution in [0.1, 0.15) is 6.92 Å². The highest BCUT2D eigenvalue weighted by molar-refractivity contribution is 9.13. The van der Waals surface area contributed by atoms with Gasteiger partial charge < -0.3 is 0 Å². The summed E-state index contributed by atoms with van der Waals surface area (Å²) in [6, 6.07) is 0. The monoisotopic (exact) mass is 152 g/mol. The van der Waals surface area contributed by atoms with Gasteiger partial charge in [0.2, 0.25) is 0 Å². The largest absolute Gasteiger partial charge is 0.136 e. The maximum absolute atomic E-state index is 3.88. The average molecular weight is 153 g/mol. The number of rotatable bonds is 0. The van der Waals surface area contributed by atoms with E-state index in [1.165, 1.54) is 0 Å². The molecule has 0 atom stereocenters. The fourth-order valence-electron chi connectivity index (χ4n) is 0. The van der Waals surface area contributed by atoms with Crippen molar-refractivity contribution in [2.45, 2.75) is 6.92 Å². The van der Waals surface area contributed by atoms with E-state index in [2.05, 4.69) is 28.6 Å². The van der Waals surface area contributed by atoms with Gasteiger partial charge in [-0.15, -0.1) is 12.6 Å². The molecule has 0 aliphatic carbocycles. The first-order chi connectivity index (χ1) is 2.27. The van der Waals surface area contributed by atoms with E-state index in [4.69, 9.17) is 0 Å². The van der Waals surface area contributed by atoms with Crippen molar-refractivity contribution in [2.24, 2.45) is 0 Å². The molecule has 0 fully saturated rings. The van der Waals surface area contributed by atoms with E-state index in [1.54, 1.807) is 0 Å². The minimum atomic E-state index is 0.887. The lowest BCUT2D eigenvalue weighted by Gasteiger charge is -1.69. The molecule has 0 aliphatic heterocycles. The lowest BCUT2D eigenvalue weighted by molar-refractivity contribution is 1.78. The average Bonchev–Trinajstić information content (AvgIpc) is 1.38. The van der Waals surface area contributed by atoms with Crippen LogP contribution in [0.2, 0.25) is 0 Å². The van der Waals surface area contributed by atoms with Crippen LogP contribution >= 0.6 is 28.6 Å². The molecule has 5 heavy (non-hydrogen) atoms. The molecule has 0 saturated carbocycles. The van der Waals surface area contributed by atoms with E-state index < -0.39 is 0 Å². The summed E-state index contributed by atoms with van der Waals surface area (Å²) in [6.45, 7) is 1.91. The van der Waals surface area contributed by atoms with Crippen LogP contribution in [0.4, 0.5) is 0 Å². The summed E-state index contributed by atoms with van der Waals surface area (Å²) in [5.41, 5.74) is 0. The van der Waals surface area contributed by atoms with Crippen molar-refractivity contribution in [2.75, 3.05) is 0 Å². The van der Waals surface area contributed by atoms with Crippen LogP contribution in [-0.4, -0.2) is 0 Å². The zero-order chi connectivity index (χ0) is 4.28. The molecule has 0 spiro atoms. The van der Waals surface area contributed by atoms with Crippen LogP contribution in [0.5, 0.6) is 0 Å². The van der Waals surface area contributed by atoms with Crippen molar-refractivity contribution in [3.05, 3.63) is 9.89 Å². The molecule has 0 saturated heterocycles. The van der Waals surface area contributed by atoms with E-state index in [-0.39, 0.29) is 0 Å². The van der Waals surface area contributed by atoms with Gasteiger partial charge >= 0.3 is 0 Å². The number of thiol groups is 1. The first-order valence-corrected chi connectivity index (χ1v) is 2.52. The fourth-order valence-corrected chi connectivity index (χ4v) is 0. The lowest BCUT2D eigenvalue weighted by Crippen LogP contribution is -1.37. The molecule has 0 aromatic carbocycles. The van der Waals surface area contributed by atoms with Crippen LogP contribution < -0.4 is 0 Å². The third-order valence-electron chi connectivity index (χ3n) is 0.238. The van der Waals surface area contributed by atoms with Gasteiger partial charge in [-0.05, 0) is 22.9 Å². The molecule has 0 heterocycles. The van der Waals surface area contributed by atoms with Crippen molar-refractivity contribution in [3.8, 4) is 0 Å². The second-order valence-corrected chi connectivity index (χ2v) is 2.56. The van der Waals surface area contributed by atoms with E-state index in [0.29, 0.717) is 0 Å². The summed E-state index contributed by atoms with van der Waals surface area (Å²) in [6.07, 6.45) is 1.86. The third-order valence-corrected chi connectivity index (χ3v) is 0.954. The number of hydrogen-bond donors (Lipinski definition) is 1. The van der Waals surface area contributed by atoms with Gasteiger partial charge in [0.1, 0.15) is 0 Å². The summed E-state index contributed by atoms with van der Waals surface area (Å²) in [4.78, 5) is 0. The molecule has 0 rings (SSSR count). The molecule has 0 aliphatic rings. The van der Waals surface area contributed by atoms with Crippen LogP contribution in [0.3, 0.4) is 0 Å². The van der Waals surface area contributed by atoms with Crippen molar-refractivity contribution in [1.29, 1.82) is 0 Å². The molecular weight excluding hydrogens is 148 g/mol. The van der Waals surface area contributed by atoms with Gasteiger partial charge in [-0.3, -0.25) is 0 Å². The van der Waals surface area contributed by atoms with E-state index in [9.17, 15) is 0 Å². The van der Waals surface area contributed by atoms with Gasteiger partial charge in [0.25, 0.3) is 0 Å². The normalized spacial score (nSPS) is 12.2. The summed E-state index contributed by atoms with van der Waals surface area (Å²) in [5.74, 6) is 0. The fraction of sp³-hybridized carbons (Fsp3) is 0.333. The van der Waals surface area contributed by atoms with Crippen molar-refractivity contribution < 1.29 is 0 Å². The molecule has 0 unspecified atom stereocenters. The topological polar surface area (TPSA) is 0 Å². The Bertz CT molecular complexity index is 44.9. The summed E-state index contributed by atoms with van der Waals surface area (Å²) < 4.78 is 0.887. The Hall–Kier alpha value is 0.570. The van der Waals surface area contributed by atoms with E-state index >= 15 is 0 Å². The molecule has 0 bridgehead atoms. The SMILES string of the molecule is C/C=C(/S)Br. The predicted molar refractivity (Wildman–Crippen MR) is 31.7 cm³/mol. The highest BCUT2D eigenvalue weighted by Crippen LogP contribution is 2.06. The smallest absolute Gasteiger partial charge is 0.0429 e. The van der Waals surface area contributed by atoms with E-state index in [1.807, 2.05) is 13.0 Å². The van der Waals surface area contributed by atoms with Crippen LogP contribution in [0.15, 0.2) is 9.89 Å². The molecular formula is C3H5BrS. The van der Waals surface area contributed by atoms with E-state index in [0.717, 1.165) is 3.81 Å². The molecule has 0 amide bonds. The third kappa shape index (κ3) is 4.57. The van der Waals surface area contributed by atoms with Gasteiger partial charge in [-0.2, -0.15) is 0 Å². The Morgan fingerprint density at radius 1 is 2.00 bits per heavy atom. The number of halogens is 1. The molecule has 30 valence electrons. The van der Waals surface area contributed by atoms with Gasteiger partial charge in [0, 0.05) is 3.81 Å². The summed E-state index contributed by atoms with van der Waals surface area (Å²) in [7, 11) is 0. The maximum Gasteiger partial charge on any atom is 0.0429 e. The standard InChI is InChI=1S/C3H5BrS/c1-2-3(4)5/h2,5H,1H3/b3-2+. The zero-order valence-electron chi connectivity index (χ0n) is 2.90. The predicted octanol–water partition coefficient (Wildman–Crippen LogP) is 2.17. The van der Waals surface area contributed by atoms with Gasteiger partial charge in [0.05, 0.1) is 0 Å². The van der Waals surface area contributed by atoms with Crippen molar-refractivity contribution in [1.82, 2.24) is 0 Å². The molecule has 0 nitrogen and oxygen atoms in total. The molecule has 0 aromatic heterocycles. The first kappa shape index (κ1) is 5.57. The van der Waals surface area contributed by atoms with Gasteiger partial charge in [-0.1, -0.05) is 6.08 Å². The maximum atomic E-state index is 3.88. The minimum Gasteiger partial charge on any atom is -0.136 e. The molecule has 2 heteroatoms. The Balaban J connectivity index is 3.14. The Kier molecular flexibility index (Phi) is 3.11. The molecule has 0 radical (unpaired) electrons. The molecule has 0 aromatic rings.